The fraction of sp³-hybridized carbons (Fsp3) is 0.0417. The van der Waals surface area contributed by atoms with Gasteiger partial charge in [-0.05, 0) is 24.3 Å². The van der Waals surface area contributed by atoms with Crippen LogP contribution in [0.2, 0.25) is 0 Å². The Balaban J connectivity index is 1.66. The number of nitrogens with one attached hydrogen (secondary N) is 1. The van der Waals surface area contributed by atoms with Gasteiger partial charge in [-0.3, -0.25) is 4.79 Å². The fourth-order valence-electron chi connectivity index (χ4n) is 3.15. The lowest BCUT2D eigenvalue weighted by Crippen LogP contribution is -2.18. The van der Waals surface area contributed by atoms with E-state index in [2.05, 4.69) is 15.5 Å². The number of carbonyl (C=O) groups is 1. The van der Waals surface area contributed by atoms with E-state index in [0.717, 1.165) is 16.5 Å². The van der Waals surface area contributed by atoms with Gasteiger partial charge < -0.3 is 9.84 Å². The lowest BCUT2D eigenvalue weighted by atomic mass is 10.0. The molecule has 1 amide bonds. The lowest BCUT2D eigenvalue weighted by Gasteiger charge is -2.09. The average Bonchev–Trinajstić information content (AvgIpc) is 2.80. The number of aromatic hydroxyl groups is 1. The molecule has 2 N–H and O–H groups in total. The first-order chi connectivity index (χ1) is 14.7. The molecule has 6 nitrogen and oxygen atoms in total. The van der Waals surface area contributed by atoms with Crippen LogP contribution in [0.25, 0.3) is 22.2 Å². The van der Waals surface area contributed by atoms with Gasteiger partial charge >= 0.3 is 0 Å². The molecule has 4 rings (SSSR count). The number of hydrogen-bond donors (Lipinski definition) is 2. The van der Waals surface area contributed by atoms with E-state index in [9.17, 15) is 9.90 Å². The summed E-state index contributed by atoms with van der Waals surface area (Å²) in [6.07, 6.45) is 1.37. The molecule has 0 radical (unpaired) electrons. The summed E-state index contributed by atoms with van der Waals surface area (Å²) in [6.45, 7) is 0. The summed E-state index contributed by atoms with van der Waals surface area (Å²) < 4.78 is 5.08. The number of phenolic OH excluding ortho intramolecular Hbond substituents is 1. The minimum absolute atomic E-state index is 0.0428. The van der Waals surface area contributed by atoms with Gasteiger partial charge in [0, 0.05) is 16.5 Å². The number of benzene rings is 3. The molecule has 4 aromatic rings. The van der Waals surface area contributed by atoms with Crippen LogP contribution in [-0.2, 0) is 0 Å². The summed E-state index contributed by atoms with van der Waals surface area (Å²) in [4.78, 5) is 17.6. The Labute approximate surface area is 173 Å². The number of phenols is 1. The smallest absolute Gasteiger partial charge is 0.272 e. The number of amides is 1. The zero-order chi connectivity index (χ0) is 20.9. The third-order valence-corrected chi connectivity index (χ3v) is 4.65. The van der Waals surface area contributed by atoms with Gasteiger partial charge in [0.1, 0.15) is 0 Å². The Hall–Kier alpha value is -4.19. The number of para-hydroxylation sites is 2. The molecule has 0 saturated carbocycles. The summed E-state index contributed by atoms with van der Waals surface area (Å²) in [5.74, 6) is -0.0824. The Morgan fingerprint density at radius 1 is 1.03 bits per heavy atom. The Morgan fingerprint density at radius 2 is 1.80 bits per heavy atom. The quantitative estimate of drug-likeness (QED) is 0.387. The second kappa shape index (κ2) is 8.45. The van der Waals surface area contributed by atoms with Gasteiger partial charge in [-0.15, -0.1) is 0 Å². The number of aromatic nitrogens is 1. The summed E-state index contributed by atoms with van der Waals surface area (Å²) in [5.41, 5.74) is 5.77. The maximum atomic E-state index is 12.9. The molecule has 0 spiro atoms. The molecule has 6 heteroatoms. The predicted octanol–water partition coefficient (Wildman–Crippen LogP) is 4.38. The van der Waals surface area contributed by atoms with Crippen molar-refractivity contribution in [2.75, 3.05) is 7.11 Å². The van der Waals surface area contributed by atoms with Gasteiger partial charge in [0.05, 0.1) is 30.1 Å². The van der Waals surface area contributed by atoms with E-state index in [-0.39, 0.29) is 11.7 Å². The third kappa shape index (κ3) is 3.84. The molecule has 3 aromatic carbocycles. The van der Waals surface area contributed by atoms with E-state index >= 15 is 0 Å². The van der Waals surface area contributed by atoms with Crippen molar-refractivity contribution < 1.29 is 14.6 Å². The first-order valence-corrected chi connectivity index (χ1v) is 9.32. The van der Waals surface area contributed by atoms with Crippen molar-refractivity contribution in [1.82, 2.24) is 10.4 Å². The summed E-state index contributed by atoms with van der Waals surface area (Å²) in [7, 11) is 1.47. The van der Waals surface area contributed by atoms with Gasteiger partial charge in [0.2, 0.25) is 0 Å². The normalized spacial score (nSPS) is 11.0. The second-order valence-electron chi connectivity index (χ2n) is 6.54. The van der Waals surface area contributed by atoms with E-state index in [1.165, 1.54) is 13.3 Å². The van der Waals surface area contributed by atoms with Crippen LogP contribution in [0.1, 0.15) is 15.9 Å². The van der Waals surface area contributed by atoms with E-state index in [1.54, 1.807) is 24.3 Å². The topological polar surface area (TPSA) is 83.8 Å². The van der Waals surface area contributed by atoms with Crippen LogP contribution in [-0.4, -0.2) is 29.3 Å². The largest absolute Gasteiger partial charge is 0.504 e. The minimum atomic E-state index is -0.371. The molecule has 1 heterocycles. The predicted molar refractivity (Wildman–Crippen MR) is 117 cm³/mol. The molecule has 0 unspecified atom stereocenters. The SMILES string of the molecule is COc1cccc(C=NNC(=O)c2cc(-c3ccccc3)nc3ccccc23)c1O. The molecule has 0 aliphatic heterocycles. The standard InChI is InChI=1S/C24H19N3O3/c1-30-22-13-7-10-17(23(22)28)15-25-27-24(29)19-14-21(16-8-3-2-4-9-16)26-20-12-6-5-11-18(19)20/h2-15,28H,1H3,(H,27,29). The molecule has 30 heavy (non-hydrogen) atoms. The van der Waals surface area contributed by atoms with Gasteiger partial charge in [0.25, 0.3) is 5.91 Å². The minimum Gasteiger partial charge on any atom is -0.504 e. The van der Waals surface area contributed by atoms with Crippen LogP contribution >= 0.6 is 0 Å². The molecule has 1 aromatic heterocycles. The van der Waals surface area contributed by atoms with Gasteiger partial charge in [-0.1, -0.05) is 54.6 Å². The van der Waals surface area contributed by atoms with E-state index in [0.29, 0.717) is 22.6 Å². The number of nitrogens with zero attached hydrogens (tertiary/aromatic N) is 2. The second-order valence-corrected chi connectivity index (χ2v) is 6.54. The first kappa shape index (κ1) is 19.1. The summed E-state index contributed by atoms with van der Waals surface area (Å²) in [6, 6.07) is 23.9. The zero-order valence-electron chi connectivity index (χ0n) is 16.2. The van der Waals surface area contributed by atoms with Crippen molar-refractivity contribution in [2.24, 2.45) is 5.10 Å². The highest BCUT2D eigenvalue weighted by Crippen LogP contribution is 2.28. The molecule has 0 bridgehead atoms. The lowest BCUT2D eigenvalue weighted by molar-refractivity contribution is 0.0956. The highest BCUT2D eigenvalue weighted by molar-refractivity contribution is 6.07. The molecular weight excluding hydrogens is 378 g/mol. The van der Waals surface area contributed by atoms with E-state index in [4.69, 9.17) is 4.74 Å². The number of hydrazone groups is 1. The van der Waals surface area contributed by atoms with Crippen molar-refractivity contribution >= 4 is 23.0 Å². The number of ether oxygens (including phenoxy) is 1. The number of methoxy groups -OCH3 is 1. The van der Waals surface area contributed by atoms with Gasteiger partial charge in [-0.25, -0.2) is 10.4 Å². The molecule has 0 atom stereocenters. The van der Waals surface area contributed by atoms with Crippen molar-refractivity contribution in [2.45, 2.75) is 0 Å². The Kier molecular flexibility index (Phi) is 5.39. The van der Waals surface area contributed by atoms with Crippen molar-refractivity contribution in [3.63, 3.8) is 0 Å². The van der Waals surface area contributed by atoms with Crippen molar-refractivity contribution in [1.29, 1.82) is 0 Å². The average molecular weight is 397 g/mol. The maximum Gasteiger partial charge on any atom is 0.272 e. The van der Waals surface area contributed by atoms with Crippen LogP contribution in [0, 0.1) is 0 Å². The van der Waals surface area contributed by atoms with E-state index in [1.807, 2.05) is 54.6 Å². The van der Waals surface area contributed by atoms with Crippen LogP contribution in [0.3, 0.4) is 0 Å². The number of rotatable bonds is 5. The Morgan fingerprint density at radius 3 is 2.60 bits per heavy atom. The highest BCUT2D eigenvalue weighted by Gasteiger charge is 2.13. The monoisotopic (exact) mass is 397 g/mol. The highest BCUT2D eigenvalue weighted by atomic mass is 16.5. The van der Waals surface area contributed by atoms with E-state index < -0.39 is 0 Å². The maximum absolute atomic E-state index is 12.9. The Bertz CT molecular complexity index is 1240. The molecule has 148 valence electrons. The first-order valence-electron chi connectivity index (χ1n) is 9.32. The van der Waals surface area contributed by atoms with Crippen LogP contribution in [0.15, 0.2) is 84.0 Å². The molecule has 0 saturated heterocycles. The number of pyridine rings is 1. The molecule has 0 aliphatic rings. The summed E-state index contributed by atoms with van der Waals surface area (Å²) in [5, 5.41) is 14.9. The van der Waals surface area contributed by atoms with Gasteiger partial charge in [-0.2, -0.15) is 5.10 Å². The molecule has 0 fully saturated rings. The van der Waals surface area contributed by atoms with Crippen LogP contribution in [0.5, 0.6) is 11.5 Å². The van der Waals surface area contributed by atoms with Crippen LogP contribution < -0.4 is 10.2 Å². The van der Waals surface area contributed by atoms with Crippen LogP contribution in [0.4, 0.5) is 0 Å². The number of carbonyl (C=O) groups excluding carboxylic acids is 1. The fourth-order valence-corrected chi connectivity index (χ4v) is 3.15. The number of fused-ring (bicyclic) bond motifs is 1. The third-order valence-electron chi connectivity index (χ3n) is 4.65. The molecular formula is C24H19N3O3. The van der Waals surface area contributed by atoms with Crippen molar-refractivity contribution in [3.8, 4) is 22.8 Å². The van der Waals surface area contributed by atoms with Gasteiger partial charge in [0.15, 0.2) is 11.5 Å². The molecule has 0 aliphatic carbocycles. The van der Waals surface area contributed by atoms with Crippen molar-refractivity contribution in [3.05, 3.63) is 90.0 Å². The zero-order valence-corrected chi connectivity index (χ0v) is 16.2. The summed E-state index contributed by atoms with van der Waals surface area (Å²) >= 11 is 0. The number of hydrogen-bond acceptors (Lipinski definition) is 5.